The van der Waals surface area contributed by atoms with Crippen LogP contribution < -0.4 is 5.32 Å². The van der Waals surface area contributed by atoms with Crippen molar-refractivity contribution in [3.8, 4) is 16.9 Å². The monoisotopic (exact) mass is 365 g/mol. The van der Waals surface area contributed by atoms with Crippen LogP contribution in [0.15, 0.2) is 36.9 Å². The van der Waals surface area contributed by atoms with Crippen molar-refractivity contribution in [2.75, 3.05) is 5.32 Å². The van der Waals surface area contributed by atoms with Crippen LogP contribution in [0.3, 0.4) is 0 Å². The van der Waals surface area contributed by atoms with Crippen LogP contribution in [0.5, 0.6) is 0 Å². The molecule has 0 atom stereocenters. The van der Waals surface area contributed by atoms with Gasteiger partial charge in [0.15, 0.2) is 5.82 Å². The third-order valence-electron chi connectivity index (χ3n) is 3.27. The first-order valence-electron chi connectivity index (χ1n) is 7.24. The van der Waals surface area contributed by atoms with Gasteiger partial charge in [-0.1, -0.05) is 29.3 Å². The van der Waals surface area contributed by atoms with Gasteiger partial charge >= 0.3 is 0 Å². The average Bonchev–Trinajstić information content (AvgIpc) is 3.03. The fraction of sp³-hybridized carbons (Fsp3) is 0.188. The summed E-state index contributed by atoms with van der Waals surface area (Å²) in [4.78, 5) is 8.20. The Bertz CT molecular complexity index is 845. The largest absolute Gasteiger partial charge is 0.382 e. The summed E-state index contributed by atoms with van der Waals surface area (Å²) in [6, 6.07) is 6.32. The first-order chi connectivity index (χ1) is 11.5. The highest BCUT2D eigenvalue weighted by molar-refractivity contribution is 6.36. The average molecular weight is 366 g/mol. The third kappa shape index (κ3) is 3.20. The number of anilines is 1. The molecule has 0 amide bonds. The molecule has 0 fully saturated rings. The Labute approximate surface area is 148 Å². The Morgan fingerprint density at radius 3 is 2.62 bits per heavy atom. The smallest absolute Gasteiger partial charge is 0.159 e. The Kier molecular flexibility index (Phi) is 4.69. The second kappa shape index (κ2) is 6.75. The van der Waals surface area contributed by atoms with E-state index < -0.39 is 5.82 Å². The van der Waals surface area contributed by atoms with Gasteiger partial charge in [0, 0.05) is 28.9 Å². The Hall–Kier alpha value is -2.18. The Balaban J connectivity index is 2.25. The molecule has 3 rings (SSSR count). The molecule has 0 aliphatic carbocycles. The van der Waals surface area contributed by atoms with Crippen molar-refractivity contribution >= 4 is 28.9 Å². The van der Waals surface area contributed by atoms with Gasteiger partial charge in [-0.3, -0.25) is 0 Å². The summed E-state index contributed by atoms with van der Waals surface area (Å²) >= 11 is 12.6. The molecule has 124 valence electrons. The molecule has 8 heteroatoms. The molecule has 0 spiro atoms. The van der Waals surface area contributed by atoms with Crippen molar-refractivity contribution in [2.24, 2.45) is 0 Å². The van der Waals surface area contributed by atoms with Gasteiger partial charge in [-0.2, -0.15) is 5.10 Å². The quantitative estimate of drug-likeness (QED) is 0.686. The van der Waals surface area contributed by atoms with Crippen LogP contribution >= 0.6 is 23.2 Å². The molecule has 1 N–H and O–H groups in total. The molecule has 0 aliphatic heterocycles. The number of nitrogens with one attached hydrogen (secondary N) is 1. The minimum Gasteiger partial charge on any atom is -0.382 e. The molecule has 0 saturated heterocycles. The summed E-state index contributed by atoms with van der Waals surface area (Å²) in [5.74, 6) is 0.00312. The summed E-state index contributed by atoms with van der Waals surface area (Å²) in [5.41, 5.74) is 1.24. The fourth-order valence-corrected chi connectivity index (χ4v) is 2.88. The molecule has 1 aromatic carbocycles. The van der Waals surface area contributed by atoms with Gasteiger partial charge in [0.05, 0.1) is 5.02 Å². The summed E-state index contributed by atoms with van der Waals surface area (Å²) in [6.45, 7) is 3.94. The lowest BCUT2D eigenvalue weighted by Crippen LogP contribution is -2.12. The van der Waals surface area contributed by atoms with Gasteiger partial charge < -0.3 is 5.32 Å². The summed E-state index contributed by atoms with van der Waals surface area (Å²) < 4.78 is 15.9. The maximum Gasteiger partial charge on any atom is 0.159 e. The van der Waals surface area contributed by atoms with Crippen LogP contribution in [0, 0.1) is 5.82 Å². The molecule has 24 heavy (non-hydrogen) atoms. The van der Waals surface area contributed by atoms with Crippen molar-refractivity contribution in [3.05, 3.63) is 52.9 Å². The van der Waals surface area contributed by atoms with E-state index in [2.05, 4.69) is 20.4 Å². The van der Waals surface area contributed by atoms with Crippen LogP contribution in [0.25, 0.3) is 16.9 Å². The predicted molar refractivity (Wildman–Crippen MR) is 93.3 cm³/mol. The van der Waals surface area contributed by atoms with Crippen LogP contribution in [0.2, 0.25) is 10.2 Å². The number of benzene rings is 1. The highest BCUT2D eigenvalue weighted by Crippen LogP contribution is 2.40. The summed E-state index contributed by atoms with van der Waals surface area (Å²) in [6.07, 6.45) is 2.90. The molecule has 0 saturated carbocycles. The summed E-state index contributed by atoms with van der Waals surface area (Å²) in [5, 5.41) is 7.69. The second-order valence-corrected chi connectivity index (χ2v) is 6.19. The van der Waals surface area contributed by atoms with Crippen LogP contribution in [-0.4, -0.2) is 25.8 Å². The zero-order chi connectivity index (χ0) is 17.3. The molecule has 2 heterocycles. The topological polar surface area (TPSA) is 55.6 Å². The van der Waals surface area contributed by atoms with E-state index in [1.807, 2.05) is 13.8 Å². The minimum atomic E-state index is -0.466. The highest BCUT2D eigenvalue weighted by atomic mass is 35.5. The molecule has 0 aliphatic rings. The van der Waals surface area contributed by atoms with Gasteiger partial charge in [0.2, 0.25) is 0 Å². The molecule has 2 aromatic heterocycles. The first kappa shape index (κ1) is 16.7. The maximum atomic E-state index is 14.4. The standard InChI is InChI=1S/C16H14Cl2FN5/c1-9(2)22-12-6-13(24-8-20-7-21-24)23-16(18)15(12)14-10(17)4-3-5-11(14)19/h3-9H,1-2H3,(H,22,23). The van der Waals surface area contributed by atoms with Crippen molar-refractivity contribution in [3.63, 3.8) is 0 Å². The van der Waals surface area contributed by atoms with Crippen molar-refractivity contribution < 1.29 is 4.39 Å². The lowest BCUT2D eigenvalue weighted by molar-refractivity contribution is 0.631. The van der Waals surface area contributed by atoms with E-state index in [9.17, 15) is 4.39 Å². The lowest BCUT2D eigenvalue weighted by atomic mass is 10.0. The number of hydrogen-bond acceptors (Lipinski definition) is 4. The van der Waals surface area contributed by atoms with E-state index >= 15 is 0 Å². The zero-order valence-electron chi connectivity index (χ0n) is 13.0. The molecule has 0 bridgehead atoms. The van der Waals surface area contributed by atoms with E-state index in [0.717, 1.165) is 0 Å². The normalized spacial score (nSPS) is 11.1. The van der Waals surface area contributed by atoms with Gasteiger partial charge in [0.1, 0.15) is 23.6 Å². The Morgan fingerprint density at radius 1 is 1.21 bits per heavy atom. The van der Waals surface area contributed by atoms with Crippen molar-refractivity contribution in [2.45, 2.75) is 19.9 Å². The number of halogens is 3. The molecule has 0 radical (unpaired) electrons. The van der Waals surface area contributed by atoms with E-state index in [4.69, 9.17) is 23.2 Å². The molecular formula is C16H14Cl2FN5. The second-order valence-electron chi connectivity index (χ2n) is 5.43. The van der Waals surface area contributed by atoms with Crippen molar-refractivity contribution in [1.82, 2.24) is 19.7 Å². The van der Waals surface area contributed by atoms with Crippen LogP contribution in [-0.2, 0) is 0 Å². The number of aromatic nitrogens is 4. The number of pyridine rings is 1. The molecule has 3 aromatic rings. The minimum absolute atomic E-state index is 0.0939. The third-order valence-corrected chi connectivity index (χ3v) is 3.86. The van der Waals surface area contributed by atoms with E-state index in [-0.39, 0.29) is 21.8 Å². The van der Waals surface area contributed by atoms with E-state index in [1.54, 1.807) is 18.2 Å². The molecule has 0 unspecified atom stereocenters. The van der Waals surface area contributed by atoms with Gasteiger partial charge in [-0.15, -0.1) is 0 Å². The van der Waals surface area contributed by atoms with Gasteiger partial charge in [-0.05, 0) is 26.0 Å². The number of nitrogens with zero attached hydrogens (tertiary/aromatic N) is 4. The number of rotatable bonds is 4. The summed E-state index contributed by atoms with van der Waals surface area (Å²) in [7, 11) is 0. The lowest BCUT2D eigenvalue weighted by Gasteiger charge is -2.18. The SMILES string of the molecule is CC(C)Nc1cc(-n2cncn2)nc(Cl)c1-c1c(F)cccc1Cl. The first-order valence-corrected chi connectivity index (χ1v) is 7.99. The van der Waals surface area contributed by atoms with Gasteiger partial charge in [0.25, 0.3) is 0 Å². The predicted octanol–water partition coefficient (Wildman–Crippen LogP) is 4.60. The van der Waals surface area contributed by atoms with E-state index in [0.29, 0.717) is 17.1 Å². The molecule has 5 nitrogen and oxygen atoms in total. The number of hydrogen-bond donors (Lipinski definition) is 1. The Morgan fingerprint density at radius 2 is 2.00 bits per heavy atom. The van der Waals surface area contributed by atoms with E-state index in [1.165, 1.54) is 23.4 Å². The van der Waals surface area contributed by atoms with Crippen molar-refractivity contribution in [1.29, 1.82) is 0 Å². The van der Waals surface area contributed by atoms with Gasteiger partial charge in [-0.25, -0.2) is 19.0 Å². The fourth-order valence-electron chi connectivity index (χ4n) is 2.34. The van der Waals surface area contributed by atoms with Crippen LogP contribution in [0.4, 0.5) is 10.1 Å². The molecular weight excluding hydrogens is 352 g/mol. The maximum absolute atomic E-state index is 14.4. The zero-order valence-corrected chi connectivity index (χ0v) is 14.5. The van der Waals surface area contributed by atoms with Crippen LogP contribution in [0.1, 0.15) is 13.8 Å². The highest BCUT2D eigenvalue weighted by Gasteiger charge is 2.20.